The van der Waals surface area contributed by atoms with Crippen LogP contribution in [0.2, 0.25) is 9.26 Å². The summed E-state index contributed by atoms with van der Waals surface area (Å²) in [6.45, 7) is 14.4. The first-order valence-corrected chi connectivity index (χ1v) is 30.8. The normalized spacial score (nSPS) is 18.6. The first-order valence-electron chi connectivity index (χ1n) is 17.3. The van der Waals surface area contributed by atoms with Gasteiger partial charge in [0.05, 0.1) is 0 Å². The monoisotopic (exact) mass is 777 g/mol. The number of aryl methyl sites for hydroxylation is 1. The molecule has 5 aromatic rings. The first-order chi connectivity index (χ1) is 22.4. The Morgan fingerprint density at radius 3 is 2.02 bits per heavy atom. The van der Waals surface area contributed by atoms with Crippen molar-refractivity contribution in [2.75, 3.05) is 4.90 Å². The van der Waals surface area contributed by atoms with E-state index in [1.54, 1.807) is 20.0 Å². The number of benzene rings is 5. The maximum absolute atomic E-state index is 3.83. The van der Waals surface area contributed by atoms with Crippen LogP contribution >= 0.6 is 24.8 Å². The van der Waals surface area contributed by atoms with E-state index >= 15 is 0 Å². The van der Waals surface area contributed by atoms with E-state index in [2.05, 4.69) is 171 Å². The van der Waals surface area contributed by atoms with Crippen molar-refractivity contribution in [1.82, 2.24) is 0 Å². The molecule has 0 fully saturated rings. The quantitative estimate of drug-likeness (QED) is 0.161. The van der Waals surface area contributed by atoms with Gasteiger partial charge in [0.25, 0.3) is 0 Å². The van der Waals surface area contributed by atoms with Gasteiger partial charge in [-0.3, -0.25) is 0 Å². The van der Waals surface area contributed by atoms with E-state index < -0.39 is 17.4 Å². The van der Waals surface area contributed by atoms with E-state index in [0.717, 1.165) is 0 Å². The summed E-state index contributed by atoms with van der Waals surface area (Å²) in [7, 11) is 0. The summed E-state index contributed by atoms with van der Waals surface area (Å²) in [5.74, 6) is 0.458. The molecule has 0 N–H and O–H groups in total. The molecule has 3 aliphatic rings. The van der Waals surface area contributed by atoms with Gasteiger partial charge in [0, 0.05) is 0 Å². The van der Waals surface area contributed by atoms with Crippen LogP contribution in [0.25, 0.3) is 38.7 Å². The summed E-state index contributed by atoms with van der Waals surface area (Å²) < 4.78 is 7.69. The largest absolute Gasteiger partial charge is 0.147 e. The number of halogens is 2. The third-order valence-corrected chi connectivity index (χ3v) is 27.6. The van der Waals surface area contributed by atoms with Crippen LogP contribution in [0.5, 0.6) is 0 Å². The van der Waals surface area contributed by atoms with Crippen molar-refractivity contribution < 1.29 is 17.4 Å². The fourth-order valence-corrected chi connectivity index (χ4v) is 28.6. The van der Waals surface area contributed by atoms with Crippen LogP contribution in [-0.4, -0.2) is 12.9 Å². The second-order valence-electron chi connectivity index (χ2n) is 15.6. The Bertz CT molecular complexity index is 2360. The van der Waals surface area contributed by atoms with Crippen molar-refractivity contribution in [1.29, 1.82) is 0 Å². The molecule has 250 valence electrons. The molecule has 1 heterocycles. The molecule has 0 radical (unpaired) electrons. The summed E-state index contributed by atoms with van der Waals surface area (Å²) in [6.07, 6.45) is 7.74. The van der Waals surface area contributed by atoms with Crippen molar-refractivity contribution in [2.45, 2.75) is 53.5 Å². The van der Waals surface area contributed by atoms with Gasteiger partial charge in [-0.25, -0.2) is 0 Å². The molecule has 0 bridgehead atoms. The number of anilines is 1. The van der Waals surface area contributed by atoms with E-state index in [9.17, 15) is 0 Å². The third-order valence-electron chi connectivity index (χ3n) is 11.3. The van der Waals surface area contributed by atoms with Gasteiger partial charge in [-0.1, -0.05) is 0 Å². The predicted molar refractivity (Wildman–Crippen MR) is 219 cm³/mol. The minimum Gasteiger partial charge on any atom is -0.147 e. The molecule has 0 saturated carbocycles. The standard InChI is InChI=1S/C21H20N.C21H17.2CH3.2ClH.H2Si.Zr/c1-14(2)17-12-18-11-15(3)22(21(18)13-17)20-10-6-8-16-7-4-5-9-19(16)20;1-14-12-20-15(2)10-11-19(21(20)13-14)18-9-5-7-16-6-3-4-8-17(16)18;;;;;;/h4-11,13-15H,1-3H3;3-13H,1-2H3;2*1H3;2*1H;1H2;. The molecule has 5 heteroatoms. The van der Waals surface area contributed by atoms with E-state index in [1.165, 1.54) is 60.8 Å². The number of fused-ring (bicyclic) bond motifs is 4. The summed E-state index contributed by atoms with van der Waals surface area (Å²) >= 11 is -3.83. The van der Waals surface area contributed by atoms with Gasteiger partial charge in [-0.05, 0) is 0 Å². The Kier molecular flexibility index (Phi) is 9.28. The smallest absolute Gasteiger partial charge is 0.147 e. The van der Waals surface area contributed by atoms with Gasteiger partial charge in [-0.2, -0.15) is 0 Å². The van der Waals surface area contributed by atoms with Crippen molar-refractivity contribution >= 4 is 65.0 Å². The van der Waals surface area contributed by atoms with Crippen molar-refractivity contribution in [3.8, 4) is 11.1 Å². The van der Waals surface area contributed by atoms with Gasteiger partial charge in [0.15, 0.2) is 0 Å². The van der Waals surface area contributed by atoms with Crippen LogP contribution in [0.1, 0.15) is 48.0 Å². The molecular weight excluding hydrogens is 733 g/mol. The van der Waals surface area contributed by atoms with Crippen molar-refractivity contribution in [2.24, 2.45) is 5.92 Å². The molecule has 2 atom stereocenters. The first kappa shape index (κ1) is 35.9. The van der Waals surface area contributed by atoms with E-state index in [1.807, 2.05) is 0 Å². The zero-order valence-electron chi connectivity index (χ0n) is 29.7. The van der Waals surface area contributed by atoms with E-state index in [0.29, 0.717) is 15.6 Å². The maximum atomic E-state index is 2.75. The van der Waals surface area contributed by atoms with Gasteiger partial charge >= 0.3 is 285 Å². The SMILES string of the molecule is CC1=Cc2c(-c3cccc4ccccc34)ccc(C)c2[CH]1[Zr]([CH3])([CH3])(=[SiH2])[C]1=C(C(C)C)C=C2C1=CC(C)N2c1cccc2ccccc12.Cl.Cl. The van der Waals surface area contributed by atoms with Gasteiger partial charge in [0.1, 0.15) is 0 Å². The second kappa shape index (κ2) is 12.7. The molecule has 1 nitrogen and oxygen atoms in total. The number of rotatable bonds is 5. The van der Waals surface area contributed by atoms with Gasteiger partial charge in [0.2, 0.25) is 0 Å². The number of allylic oxidation sites excluding steroid dienone is 4. The average Bonchev–Trinajstić information content (AvgIpc) is 3.70. The molecule has 8 rings (SSSR count). The Morgan fingerprint density at radius 1 is 0.714 bits per heavy atom. The molecule has 49 heavy (non-hydrogen) atoms. The van der Waals surface area contributed by atoms with Crippen molar-refractivity contribution in [3.63, 3.8) is 0 Å². The summed E-state index contributed by atoms with van der Waals surface area (Å²) in [4.78, 5) is 2.62. The number of nitrogens with zero attached hydrogens (tertiary/aromatic N) is 1. The third kappa shape index (κ3) is 5.43. The molecule has 5 aromatic carbocycles. The van der Waals surface area contributed by atoms with Crippen LogP contribution in [0, 0.1) is 12.8 Å². The molecule has 0 spiro atoms. The predicted octanol–water partition coefficient (Wildman–Crippen LogP) is 12.2. The maximum Gasteiger partial charge on any atom is -0.147 e. The van der Waals surface area contributed by atoms with Crippen LogP contribution in [0.3, 0.4) is 0 Å². The van der Waals surface area contributed by atoms with Gasteiger partial charge in [-0.15, -0.1) is 24.8 Å². The van der Waals surface area contributed by atoms with Crippen LogP contribution in [-0.2, 0) is 17.4 Å². The van der Waals surface area contributed by atoms with E-state index in [-0.39, 0.29) is 24.8 Å². The Morgan fingerprint density at radius 2 is 1.33 bits per heavy atom. The Hall–Kier alpha value is -2.94. The molecule has 0 amide bonds. The Labute approximate surface area is 307 Å². The Balaban J connectivity index is 0.00000208. The summed E-state index contributed by atoms with van der Waals surface area (Å²) in [5.41, 5.74) is 14.5. The zero-order valence-corrected chi connectivity index (χ0v) is 35.2. The van der Waals surface area contributed by atoms with Crippen LogP contribution < -0.4 is 4.90 Å². The molecule has 2 unspecified atom stereocenters. The van der Waals surface area contributed by atoms with Gasteiger partial charge < -0.3 is 0 Å². The summed E-state index contributed by atoms with van der Waals surface area (Å²) in [6, 6.07) is 36.3. The van der Waals surface area contributed by atoms with Crippen molar-refractivity contribution in [3.05, 3.63) is 152 Å². The molecular formula is C44H47Cl2NSiZr. The molecule has 0 saturated heterocycles. The topological polar surface area (TPSA) is 3.24 Å². The fraction of sp³-hybridized carbons (Fsp3) is 0.227. The minimum atomic E-state index is -3.83. The van der Waals surface area contributed by atoms with E-state index in [4.69, 9.17) is 0 Å². The molecule has 2 aliphatic carbocycles. The second-order valence-corrected chi connectivity index (χ2v) is 45.0. The molecule has 1 aliphatic heterocycles. The number of hydrogen-bond donors (Lipinski definition) is 0. The molecule has 0 aromatic heterocycles. The number of hydrogen-bond acceptors (Lipinski definition) is 1. The fourth-order valence-electron chi connectivity index (χ4n) is 9.48. The van der Waals surface area contributed by atoms with Crippen LogP contribution in [0.15, 0.2) is 135 Å². The minimum absolute atomic E-state index is 0. The summed E-state index contributed by atoms with van der Waals surface area (Å²) in [5, 5.41) is 5.26. The zero-order chi connectivity index (χ0) is 32.9. The van der Waals surface area contributed by atoms with Crippen LogP contribution in [0.4, 0.5) is 5.69 Å². The average molecular weight is 780 g/mol.